The van der Waals surface area contributed by atoms with Crippen molar-refractivity contribution in [2.75, 3.05) is 0 Å². The molecule has 0 aliphatic carbocycles. The van der Waals surface area contributed by atoms with E-state index in [9.17, 15) is 18.3 Å². The molecule has 1 aromatic heterocycles. The molecule has 3 N–H and O–H groups in total. The summed E-state index contributed by atoms with van der Waals surface area (Å²) < 4.78 is 38.9. The molecule has 86 valence electrons. The van der Waals surface area contributed by atoms with Crippen LogP contribution in [0.25, 0.3) is 0 Å². The number of aryl methyl sites for hydroxylation is 1. The maximum atomic E-state index is 12.7. The van der Waals surface area contributed by atoms with Gasteiger partial charge in [-0.15, -0.1) is 5.10 Å². The summed E-state index contributed by atoms with van der Waals surface area (Å²) in [5, 5.41) is 16.2. The van der Waals surface area contributed by atoms with Crippen LogP contribution in [0.2, 0.25) is 0 Å². The summed E-state index contributed by atoms with van der Waals surface area (Å²) in [4.78, 5) is 0. The number of nitrogens with zero attached hydrogens (tertiary/aromatic N) is 3. The van der Waals surface area contributed by atoms with Crippen molar-refractivity contribution in [3.05, 3.63) is 11.9 Å². The summed E-state index contributed by atoms with van der Waals surface area (Å²) in [6, 6.07) is -1.52. The minimum absolute atomic E-state index is 0.481. The highest BCUT2D eigenvalue weighted by Crippen LogP contribution is 2.40. The Morgan fingerprint density at radius 2 is 2.07 bits per heavy atom. The fourth-order valence-electron chi connectivity index (χ4n) is 1.27. The van der Waals surface area contributed by atoms with Crippen LogP contribution in [-0.4, -0.2) is 32.3 Å². The van der Waals surface area contributed by atoms with E-state index in [2.05, 4.69) is 10.3 Å². The molecule has 0 radical (unpaired) electrons. The largest absolute Gasteiger partial charge is 0.424 e. The molecule has 5 nitrogen and oxygen atoms in total. The quantitative estimate of drug-likeness (QED) is 0.736. The molecule has 0 aliphatic rings. The van der Waals surface area contributed by atoms with Gasteiger partial charge in [0, 0.05) is 13.1 Å². The van der Waals surface area contributed by atoms with Gasteiger partial charge in [0.1, 0.15) is 5.69 Å². The van der Waals surface area contributed by atoms with Gasteiger partial charge in [-0.2, -0.15) is 13.2 Å². The molecule has 2 atom stereocenters. The molecule has 0 fully saturated rings. The summed E-state index contributed by atoms with van der Waals surface area (Å²) in [7, 11) is 1.25. The second kappa shape index (κ2) is 3.46. The van der Waals surface area contributed by atoms with E-state index in [-0.39, 0.29) is 0 Å². The Morgan fingerprint density at radius 3 is 2.33 bits per heavy atom. The average molecular weight is 224 g/mol. The standard InChI is InChI=1S/C7H11F3N4O/c1-4(11)6(15,7(8,9)10)5-3-12-13-14(5)2/h3-4,15H,11H2,1-2H3. The summed E-state index contributed by atoms with van der Waals surface area (Å²) in [5.41, 5.74) is 1.56. The van der Waals surface area contributed by atoms with Gasteiger partial charge in [-0.05, 0) is 6.92 Å². The second-order valence-electron chi connectivity index (χ2n) is 3.30. The van der Waals surface area contributed by atoms with Gasteiger partial charge in [0.05, 0.1) is 6.20 Å². The highest BCUT2D eigenvalue weighted by Gasteiger charge is 2.59. The number of rotatable bonds is 2. The lowest BCUT2D eigenvalue weighted by atomic mass is 9.92. The first-order chi connectivity index (χ1) is 6.71. The van der Waals surface area contributed by atoms with Crippen LogP contribution in [0.1, 0.15) is 12.6 Å². The summed E-state index contributed by atoms with van der Waals surface area (Å²) in [6.45, 7) is 1.07. The molecule has 2 unspecified atom stereocenters. The Hall–Kier alpha value is -1.15. The van der Waals surface area contributed by atoms with Gasteiger partial charge in [-0.25, -0.2) is 4.68 Å². The topological polar surface area (TPSA) is 77.0 Å². The number of aromatic nitrogens is 3. The van der Waals surface area contributed by atoms with Crippen molar-refractivity contribution >= 4 is 0 Å². The van der Waals surface area contributed by atoms with Crippen molar-refractivity contribution in [2.45, 2.75) is 24.7 Å². The number of hydrogen-bond acceptors (Lipinski definition) is 4. The van der Waals surface area contributed by atoms with Gasteiger partial charge in [0.2, 0.25) is 5.60 Å². The van der Waals surface area contributed by atoms with E-state index in [1.165, 1.54) is 7.05 Å². The number of halogens is 3. The van der Waals surface area contributed by atoms with Crippen molar-refractivity contribution in [1.82, 2.24) is 15.0 Å². The van der Waals surface area contributed by atoms with Crippen molar-refractivity contribution in [2.24, 2.45) is 12.8 Å². The first-order valence-electron chi connectivity index (χ1n) is 4.11. The molecule has 0 saturated heterocycles. The van der Waals surface area contributed by atoms with E-state index in [1.54, 1.807) is 0 Å². The van der Waals surface area contributed by atoms with E-state index >= 15 is 0 Å². The molecule has 0 aromatic carbocycles. The molecule has 8 heteroatoms. The molecule has 1 heterocycles. The highest BCUT2D eigenvalue weighted by atomic mass is 19.4. The normalized spacial score (nSPS) is 18.6. The Labute approximate surface area is 83.7 Å². The van der Waals surface area contributed by atoms with Gasteiger partial charge < -0.3 is 10.8 Å². The molecular weight excluding hydrogens is 213 g/mol. The van der Waals surface area contributed by atoms with Crippen LogP contribution < -0.4 is 5.73 Å². The van der Waals surface area contributed by atoms with Crippen LogP contribution in [0.15, 0.2) is 6.20 Å². The number of nitrogens with two attached hydrogens (primary N) is 1. The van der Waals surface area contributed by atoms with Crippen LogP contribution in [0.5, 0.6) is 0 Å². The third-order valence-corrected chi connectivity index (χ3v) is 2.20. The van der Waals surface area contributed by atoms with Crippen molar-refractivity contribution in [3.63, 3.8) is 0 Å². The van der Waals surface area contributed by atoms with E-state index in [0.29, 0.717) is 0 Å². The zero-order chi connectivity index (χ0) is 11.9. The maximum Gasteiger partial charge on any atom is 0.424 e. The highest BCUT2D eigenvalue weighted by molar-refractivity contribution is 5.14. The van der Waals surface area contributed by atoms with Crippen LogP contribution >= 0.6 is 0 Å². The Kier molecular flexibility index (Phi) is 2.75. The number of hydrogen-bond donors (Lipinski definition) is 2. The van der Waals surface area contributed by atoms with Crippen LogP contribution in [0.3, 0.4) is 0 Å². The predicted molar refractivity (Wildman–Crippen MR) is 44.6 cm³/mol. The van der Waals surface area contributed by atoms with Crippen molar-refractivity contribution < 1.29 is 18.3 Å². The zero-order valence-electron chi connectivity index (χ0n) is 8.15. The van der Waals surface area contributed by atoms with Crippen LogP contribution in [-0.2, 0) is 12.6 Å². The summed E-state index contributed by atoms with van der Waals surface area (Å²) in [5.74, 6) is 0. The third kappa shape index (κ3) is 1.70. The molecule has 1 rings (SSSR count). The fourth-order valence-corrected chi connectivity index (χ4v) is 1.27. The Balaban J connectivity index is 3.32. The average Bonchev–Trinajstić information content (AvgIpc) is 2.47. The first-order valence-corrected chi connectivity index (χ1v) is 4.11. The van der Waals surface area contributed by atoms with Crippen LogP contribution in [0, 0.1) is 0 Å². The summed E-state index contributed by atoms with van der Waals surface area (Å²) in [6.07, 6.45) is -4.03. The van der Waals surface area contributed by atoms with Gasteiger partial charge in [-0.1, -0.05) is 5.21 Å². The van der Waals surface area contributed by atoms with Crippen molar-refractivity contribution in [3.8, 4) is 0 Å². The fraction of sp³-hybridized carbons (Fsp3) is 0.714. The number of aliphatic hydroxyl groups is 1. The smallest absolute Gasteiger partial charge is 0.374 e. The monoisotopic (exact) mass is 224 g/mol. The van der Waals surface area contributed by atoms with Gasteiger partial charge >= 0.3 is 6.18 Å². The van der Waals surface area contributed by atoms with Gasteiger partial charge in [0.15, 0.2) is 0 Å². The molecule has 1 aromatic rings. The maximum absolute atomic E-state index is 12.7. The van der Waals surface area contributed by atoms with E-state index in [0.717, 1.165) is 17.8 Å². The molecule has 0 bridgehead atoms. The van der Waals surface area contributed by atoms with Crippen LogP contribution in [0.4, 0.5) is 13.2 Å². The lowest BCUT2D eigenvalue weighted by Crippen LogP contribution is -2.55. The van der Waals surface area contributed by atoms with Gasteiger partial charge in [0.25, 0.3) is 0 Å². The van der Waals surface area contributed by atoms with Crippen molar-refractivity contribution in [1.29, 1.82) is 0 Å². The minimum Gasteiger partial charge on any atom is -0.374 e. The molecule has 15 heavy (non-hydrogen) atoms. The molecule has 0 spiro atoms. The van der Waals surface area contributed by atoms with E-state index in [1.807, 2.05) is 0 Å². The molecular formula is C7H11F3N4O. The molecule has 0 aliphatic heterocycles. The number of alkyl halides is 3. The Morgan fingerprint density at radius 1 is 1.53 bits per heavy atom. The zero-order valence-corrected chi connectivity index (χ0v) is 8.15. The molecule has 0 amide bonds. The lowest BCUT2D eigenvalue weighted by molar-refractivity contribution is -0.275. The Bertz CT molecular complexity index is 348. The first kappa shape index (κ1) is 11.9. The SMILES string of the molecule is CC(N)C(O)(c1cnnn1C)C(F)(F)F. The molecule has 0 saturated carbocycles. The minimum atomic E-state index is -4.88. The second-order valence-corrected chi connectivity index (χ2v) is 3.30. The predicted octanol–water partition coefficient (Wildman–Crippen LogP) is -0.0878. The van der Waals surface area contributed by atoms with Gasteiger partial charge in [-0.3, -0.25) is 0 Å². The summed E-state index contributed by atoms with van der Waals surface area (Å²) >= 11 is 0. The third-order valence-electron chi connectivity index (χ3n) is 2.20. The van der Waals surface area contributed by atoms with E-state index in [4.69, 9.17) is 5.73 Å². The lowest BCUT2D eigenvalue weighted by Gasteiger charge is -2.33. The van der Waals surface area contributed by atoms with E-state index < -0.39 is 23.5 Å².